The molecule has 0 spiro atoms. The summed E-state index contributed by atoms with van der Waals surface area (Å²) in [6.07, 6.45) is 1.58. The lowest BCUT2D eigenvalue weighted by molar-refractivity contribution is -0.116. The summed E-state index contributed by atoms with van der Waals surface area (Å²) in [6.45, 7) is 5.94. The minimum atomic E-state index is -3.59. The van der Waals surface area contributed by atoms with Crippen LogP contribution in [-0.2, 0) is 26.9 Å². The Balaban J connectivity index is 1.63. The first-order chi connectivity index (χ1) is 15.2. The number of hydrogen-bond donors (Lipinski definition) is 1. The third kappa shape index (κ3) is 4.60. The van der Waals surface area contributed by atoms with Gasteiger partial charge in [-0.25, -0.2) is 8.42 Å². The molecule has 0 radical (unpaired) electrons. The van der Waals surface area contributed by atoms with Crippen molar-refractivity contribution in [3.63, 3.8) is 0 Å². The van der Waals surface area contributed by atoms with Gasteiger partial charge in [0.1, 0.15) is 6.54 Å². The molecule has 0 aliphatic heterocycles. The quantitative estimate of drug-likeness (QED) is 0.444. The largest absolute Gasteiger partial charge is 0.337 e. The molecule has 0 fully saturated rings. The molecule has 4 aromatic rings. The first kappa shape index (κ1) is 21.8. The Morgan fingerprint density at radius 2 is 1.59 bits per heavy atom. The van der Waals surface area contributed by atoms with Crippen molar-refractivity contribution in [1.29, 1.82) is 0 Å². The molecule has 6 heteroatoms. The van der Waals surface area contributed by atoms with Crippen LogP contribution in [0.5, 0.6) is 0 Å². The van der Waals surface area contributed by atoms with E-state index in [0.29, 0.717) is 10.9 Å². The lowest BCUT2D eigenvalue weighted by Crippen LogP contribution is -2.18. The van der Waals surface area contributed by atoms with E-state index in [0.717, 1.165) is 27.9 Å². The van der Waals surface area contributed by atoms with Crippen LogP contribution in [0.3, 0.4) is 0 Å². The summed E-state index contributed by atoms with van der Waals surface area (Å²) < 4.78 is 28.2. The topological polar surface area (TPSA) is 68.2 Å². The summed E-state index contributed by atoms with van der Waals surface area (Å²) >= 11 is 0. The van der Waals surface area contributed by atoms with E-state index in [-0.39, 0.29) is 23.1 Å². The fraction of sp³-hybridized carbons (Fsp3) is 0.192. The molecule has 0 unspecified atom stereocenters. The molecule has 1 amide bonds. The average Bonchev–Trinajstić information content (AvgIpc) is 3.11. The Morgan fingerprint density at radius 3 is 2.31 bits per heavy atom. The van der Waals surface area contributed by atoms with Gasteiger partial charge in [-0.05, 0) is 44.0 Å². The maximum atomic E-state index is 13.3. The number of carbonyl (C=O) groups is 1. The third-order valence-corrected chi connectivity index (χ3v) is 7.24. The molecular weight excluding hydrogens is 420 g/mol. The van der Waals surface area contributed by atoms with Crippen LogP contribution in [0.25, 0.3) is 10.9 Å². The molecular formula is C26H26N2O3S. The number of aryl methyl sites for hydroxylation is 3. The predicted molar refractivity (Wildman–Crippen MR) is 129 cm³/mol. The fourth-order valence-corrected chi connectivity index (χ4v) is 5.45. The number of rotatable bonds is 6. The third-order valence-electron chi connectivity index (χ3n) is 5.53. The summed E-state index contributed by atoms with van der Waals surface area (Å²) in [5.74, 6) is -0.295. The zero-order chi connectivity index (χ0) is 22.9. The number of sulfone groups is 1. The van der Waals surface area contributed by atoms with Crippen molar-refractivity contribution >= 4 is 32.3 Å². The molecule has 164 valence electrons. The second-order valence-corrected chi connectivity index (χ2v) is 10.2. The van der Waals surface area contributed by atoms with Gasteiger partial charge in [0, 0.05) is 22.8 Å². The monoisotopic (exact) mass is 446 g/mol. The number of carbonyl (C=O) groups excluding carboxylic acids is 1. The Hall–Kier alpha value is -3.38. The number of nitrogens with zero attached hydrogens (tertiary/aromatic N) is 1. The van der Waals surface area contributed by atoms with E-state index in [9.17, 15) is 13.2 Å². The molecule has 32 heavy (non-hydrogen) atoms. The van der Waals surface area contributed by atoms with Crippen LogP contribution < -0.4 is 5.32 Å². The van der Waals surface area contributed by atoms with E-state index in [1.165, 1.54) is 0 Å². The smallest absolute Gasteiger partial charge is 0.244 e. The molecule has 0 bridgehead atoms. The van der Waals surface area contributed by atoms with Crippen molar-refractivity contribution in [2.24, 2.45) is 0 Å². The Kier molecular flexibility index (Phi) is 5.89. The van der Waals surface area contributed by atoms with Crippen LogP contribution in [0.2, 0.25) is 0 Å². The molecule has 0 aliphatic carbocycles. The van der Waals surface area contributed by atoms with Gasteiger partial charge in [-0.15, -0.1) is 0 Å². The average molecular weight is 447 g/mol. The number of benzene rings is 3. The van der Waals surface area contributed by atoms with E-state index in [1.54, 1.807) is 16.8 Å². The molecule has 1 aromatic heterocycles. The van der Waals surface area contributed by atoms with Crippen molar-refractivity contribution in [2.45, 2.75) is 38.0 Å². The highest BCUT2D eigenvalue weighted by Gasteiger charge is 2.22. The number of aromatic nitrogens is 1. The molecule has 4 rings (SSSR count). The van der Waals surface area contributed by atoms with Crippen molar-refractivity contribution in [2.75, 3.05) is 5.32 Å². The maximum absolute atomic E-state index is 13.3. The maximum Gasteiger partial charge on any atom is 0.244 e. The van der Waals surface area contributed by atoms with Crippen LogP contribution >= 0.6 is 0 Å². The van der Waals surface area contributed by atoms with Crippen LogP contribution in [0.4, 0.5) is 5.69 Å². The van der Waals surface area contributed by atoms with Crippen LogP contribution in [-0.4, -0.2) is 18.9 Å². The molecule has 1 heterocycles. The van der Waals surface area contributed by atoms with Crippen molar-refractivity contribution in [1.82, 2.24) is 4.57 Å². The lowest BCUT2D eigenvalue weighted by atomic mass is 10.1. The van der Waals surface area contributed by atoms with Crippen molar-refractivity contribution < 1.29 is 13.2 Å². The van der Waals surface area contributed by atoms with Gasteiger partial charge in [0.2, 0.25) is 5.91 Å². The summed E-state index contributed by atoms with van der Waals surface area (Å²) in [5, 5.41) is 3.56. The second kappa shape index (κ2) is 8.63. The van der Waals surface area contributed by atoms with Gasteiger partial charge in [0.05, 0.1) is 10.6 Å². The molecule has 5 nitrogen and oxygen atoms in total. The van der Waals surface area contributed by atoms with Gasteiger partial charge >= 0.3 is 0 Å². The lowest BCUT2D eigenvalue weighted by Gasteiger charge is -2.10. The summed E-state index contributed by atoms with van der Waals surface area (Å²) in [7, 11) is -3.59. The number of anilines is 1. The molecule has 0 saturated carbocycles. The second-order valence-electron chi connectivity index (χ2n) is 8.25. The minimum Gasteiger partial charge on any atom is -0.337 e. The Morgan fingerprint density at radius 1 is 0.906 bits per heavy atom. The van der Waals surface area contributed by atoms with Crippen molar-refractivity contribution in [3.8, 4) is 0 Å². The summed E-state index contributed by atoms with van der Waals surface area (Å²) in [4.78, 5) is 13.0. The van der Waals surface area contributed by atoms with Gasteiger partial charge in [-0.1, -0.05) is 65.7 Å². The standard InChI is InChI=1S/C26H26N2O3S/c1-18-8-11-21(12-9-18)17-32(30,31)25-15-28(24-7-5-4-6-22(24)25)16-26(29)27-23-13-10-19(2)14-20(23)3/h4-15H,16-17H2,1-3H3,(H,27,29). The van der Waals surface area contributed by atoms with Gasteiger partial charge < -0.3 is 9.88 Å². The van der Waals surface area contributed by atoms with Crippen LogP contribution in [0.15, 0.2) is 77.8 Å². The number of hydrogen-bond acceptors (Lipinski definition) is 3. The first-order valence-corrected chi connectivity index (χ1v) is 12.1. The molecule has 3 aromatic carbocycles. The number of amides is 1. The minimum absolute atomic E-state index is 0.0217. The SMILES string of the molecule is Cc1ccc(CS(=O)(=O)c2cn(CC(=O)Nc3ccc(C)cc3C)c3ccccc23)cc1. The number of fused-ring (bicyclic) bond motifs is 1. The van der Waals surface area contributed by atoms with E-state index in [2.05, 4.69) is 5.32 Å². The van der Waals surface area contributed by atoms with E-state index < -0.39 is 9.84 Å². The van der Waals surface area contributed by atoms with E-state index in [1.807, 2.05) is 81.4 Å². The molecule has 1 N–H and O–H groups in total. The highest BCUT2D eigenvalue weighted by atomic mass is 32.2. The van der Waals surface area contributed by atoms with Crippen LogP contribution in [0.1, 0.15) is 22.3 Å². The highest BCUT2D eigenvalue weighted by molar-refractivity contribution is 7.90. The Labute approximate surface area is 188 Å². The predicted octanol–water partition coefficient (Wildman–Crippen LogP) is 5.18. The van der Waals surface area contributed by atoms with Crippen molar-refractivity contribution in [3.05, 3.63) is 95.2 Å². The van der Waals surface area contributed by atoms with Gasteiger partial charge in [-0.2, -0.15) is 0 Å². The van der Waals surface area contributed by atoms with Gasteiger partial charge in [-0.3, -0.25) is 4.79 Å². The number of nitrogens with one attached hydrogen (secondary N) is 1. The molecule has 0 aliphatic rings. The summed E-state index contributed by atoms with van der Waals surface area (Å²) in [5.41, 5.74) is 5.39. The van der Waals surface area contributed by atoms with Gasteiger partial charge in [0.25, 0.3) is 0 Å². The van der Waals surface area contributed by atoms with Crippen LogP contribution in [0, 0.1) is 20.8 Å². The van der Waals surface area contributed by atoms with E-state index >= 15 is 0 Å². The normalized spacial score (nSPS) is 11.6. The highest BCUT2D eigenvalue weighted by Crippen LogP contribution is 2.28. The zero-order valence-electron chi connectivity index (χ0n) is 18.4. The van der Waals surface area contributed by atoms with E-state index in [4.69, 9.17) is 0 Å². The molecule has 0 saturated heterocycles. The first-order valence-electron chi connectivity index (χ1n) is 10.5. The number of para-hydroxylation sites is 1. The van der Waals surface area contributed by atoms with Gasteiger partial charge in [0.15, 0.2) is 9.84 Å². The summed E-state index contributed by atoms with van der Waals surface area (Å²) in [6, 6.07) is 20.6. The fourth-order valence-electron chi connectivity index (χ4n) is 3.87. The Bertz CT molecular complexity index is 1400. The zero-order valence-corrected chi connectivity index (χ0v) is 19.2. The molecule has 0 atom stereocenters.